The number of aromatic nitrogens is 3. The number of nitrogen functional groups attached to an aromatic ring is 2. The number of pyridine rings is 1. The van der Waals surface area contributed by atoms with Crippen molar-refractivity contribution in [3.8, 4) is 0 Å². The fourth-order valence-corrected chi connectivity index (χ4v) is 6.37. The number of thiazole rings is 1. The predicted molar refractivity (Wildman–Crippen MR) is 145 cm³/mol. The first kappa shape index (κ1) is 28.1. The van der Waals surface area contributed by atoms with Gasteiger partial charge in [-0.25, -0.2) is 14.6 Å². The van der Waals surface area contributed by atoms with Gasteiger partial charge in [0.15, 0.2) is 40.9 Å². The van der Waals surface area contributed by atoms with E-state index in [4.69, 9.17) is 37.4 Å². The minimum atomic E-state index is -1.41. The lowest BCUT2D eigenvalue weighted by Crippen LogP contribution is -2.71. The van der Waals surface area contributed by atoms with Crippen LogP contribution in [0.1, 0.15) is 12.6 Å². The Bertz CT molecular complexity index is 1670. The monoisotopic (exact) mass is 623 g/mol. The minimum absolute atomic E-state index is 0.00444. The second-order valence-corrected chi connectivity index (χ2v) is 11.5. The van der Waals surface area contributed by atoms with Crippen LogP contribution in [0, 0.1) is 0 Å². The number of carbonyl (C=O) groups is 4. The molecule has 2 aliphatic rings. The number of nitrogens with one attached hydrogen (secondary N) is 1. The van der Waals surface area contributed by atoms with Crippen molar-refractivity contribution in [2.75, 3.05) is 17.2 Å². The Morgan fingerprint density at radius 1 is 1.37 bits per heavy atom. The van der Waals surface area contributed by atoms with Crippen molar-refractivity contribution in [3.05, 3.63) is 39.8 Å². The highest BCUT2D eigenvalue weighted by atomic mass is 35.5. The Kier molecular flexibility index (Phi) is 7.45. The Labute approximate surface area is 242 Å². The molecule has 0 bridgehead atoms. The average molecular weight is 624 g/mol. The zero-order valence-electron chi connectivity index (χ0n) is 20.8. The molecule has 16 nitrogen and oxygen atoms in total. The lowest BCUT2D eigenvalue weighted by atomic mass is 10.0. The second kappa shape index (κ2) is 10.9. The van der Waals surface area contributed by atoms with Crippen LogP contribution in [0.15, 0.2) is 39.3 Å². The first-order chi connectivity index (χ1) is 19.4. The van der Waals surface area contributed by atoms with Crippen molar-refractivity contribution in [2.45, 2.75) is 31.0 Å². The third kappa shape index (κ3) is 5.35. The van der Waals surface area contributed by atoms with Crippen LogP contribution in [-0.4, -0.2) is 77.8 Å². The second-order valence-electron chi connectivity index (χ2n) is 8.74. The van der Waals surface area contributed by atoms with E-state index in [1.165, 1.54) is 18.7 Å². The molecule has 41 heavy (non-hydrogen) atoms. The van der Waals surface area contributed by atoms with Crippen LogP contribution >= 0.6 is 34.7 Å². The molecule has 19 heteroatoms. The van der Waals surface area contributed by atoms with Gasteiger partial charge in [0.05, 0.1) is 0 Å². The number of β-lactam (4-membered cyclic amide) rings is 1. The maximum absolute atomic E-state index is 13.2. The number of rotatable bonds is 9. The van der Waals surface area contributed by atoms with Gasteiger partial charge in [0.2, 0.25) is 6.10 Å². The molecule has 0 aromatic carbocycles. The van der Waals surface area contributed by atoms with Crippen LogP contribution < -0.4 is 21.4 Å². The predicted octanol–water partition coefficient (Wildman–Crippen LogP) is 0.0222. The number of nitrogens with zero attached hydrogens (tertiary/aromatic N) is 5. The molecule has 7 N–H and O–H groups in total. The summed E-state index contributed by atoms with van der Waals surface area (Å²) in [6, 6.07) is 0.513. The van der Waals surface area contributed by atoms with Crippen LogP contribution in [-0.2, 0) is 30.6 Å². The third-order valence-electron chi connectivity index (χ3n) is 6.00. The van der Waals surface area contributed by atoms with Gasteiger partial charge in [-0.3, -0.25) is 14.5 Å². The van der Waals surface area contributed by atoms with Crippen LogP contribution in [0.2, 0.25) is 4.34 Å². The molecule has 0 spiro atoms. The zero-order valence-corrected chi connectivity index (χ0v) is 23.2. The van der Waals surface area contributed by atoms with Gasteiger partial charge in [-0.2, -0.15) is 9.55 Å². The van der Waals surface area contributed by atoms with Crippen LogP contribution in [0.25, 0.3) is 11.1 Å². The molecule has 5 rings (SSSR count). The number of amides is 2. The molecule has 1 unspecified atom stereocenters. The number of carboxylic acid groups (broad SMARTS) is 2. The Morgan fingerprint density at radius 3 is 2.78 bits per heavy atom. The lowest BCUT2D eigenvalue weighted by molar-refractivity contribution is -0.687. The van der Waals surface area contributed by atoms with Gasteiger partial charge in [0.1, 0.15) is 27.1 Å². The summed E-state index contributed by atoms with van der Waals surface area (Å²) < 4.78 is 6.94. The number of halogens is 1. The van der Waals surface area contributed by atoms with Crippen LogP contribution in [0.5, 0.6) is 0 Å². The van der Waals surface area contributed by atoms with Gasteiger partial charge in [-0.15, -0.1) is 11.8 Å². The van der Waals surface area contributed by atoms with Gasteiger partial charge in [-0.05, 0) is 6.92 Å². The van der Waals surface area contributed by atoms with Crippen LogP contribution in [0.3, 0.4) is 0 Å². The molecule has 2 amide bonds. The highest BCUT2D eigenvalue weighted by Gasteiger charge is 2.55. The van der Waals surface area contributed by atoms with E-state index in [1.807, 2.05) is 0 Å². The normalized spacial score (nSPS) is 19.5. The highest BCUT2D eigenvalue weighted by molar-refractivity contribution is 8.00. The van der Waals surface area contributed by atoms with Crippen molar-refractivity contribution in [3.63, 3.8) is 0 Å². The summed E-state index contributed by atoms with van der Waals surface area (Å²) in [6.45, 7) is 1.34. The van der Waals surface area contributed by atoms with Crippen molar-refractivity contribution < 1.29 is 43.2 Å². The van der Waals surface area contributed by atoms with E-state index in [0.717, 1.165) is 16.2 Å². The number of fused-ring (bicyclic) bond motifs is 2. The summed E-state index contributed by atoms with van der Waals surface area (Å²) in [5.41, 5.74) is 11.8. The largest absolute Gasteiger partial charge is 0.478 e. The standard InChI is InChI=1S/C22H19ClN8O8S2/c1-7(19(34)35)39-29-12(11-15(23)41-22(25)28-11)16(32)27-13-17(33)31-14(20(36)37)8(6-40-18(13)31)4-30-3-2-10-9(5-30)26-21(24)38-10/h2-3,5,7,13,18H,4,6H2,1H3,(H6-,24,25,26,27,28,32,34,35,36,37)/p+1/t7-,13?,18+/m0/s1. The number of aliphatic carboxylic acids is 2. The molecule has 2 aliphatic heterocycles. The number of hydrogen-bond acceptors (Lipinski definition) is 13. The van der Waals surface area contributed by atoms with Gasteiger partial charge >= 0.3 is 11.9 Å². The molecule has 214 valence electrons. The fourth-order valence-electron chi connectivity index (χ4n) is 4.10. The summed E-state index contributed by atoms with van der Waals surface area (Å²) in [4.78, 5) is 63.8. The van der Waals surface area contributed by atoms with Crippen molar-refractivity contribution in [1.29, 1.82) is 0 Å². The summed E-state index contributed by atoms with van der Waals surface area (Å²) in [5.74, 6) is -4.02. The first-order valence-electron chi connectivity index (χ1n) is 11.6. The smallest absolute Gasteiger partial charge is 0.352 e. The van der Waals surface area contributed by atoms with E-state index in [2.05, 4.69) is 20.4 Å². The molecule has 3 aromatic rings. The minimum Gasteiger partial charge on any atom is -0.478 e. The van der Waals surface area contributed by atoms with Crippen molar-refractivity contribution in [2.24, 2.45) is 5.16 Å². The topological polar surface area (TPSA) is 240 Å². The molecule has 0 radical (unpaired) electrons. The molecule has 0 aliphatic carbocycles. The third-order valence-corrected chi connectivity index (χ3v) is 8.43. The number of carbonyl (C=O) groups excluding carboxylic acids is 2. The van der Waals surface area contributed by atoms with E-state index in [-0.39, 0.29) is 39.2 Å². The van der Waals surface area contributed by atoms with E-state index in [1.54, 1.807) is 23.0 Å². The molecular weight excluding hydrogens is 604 g/mol. The summed E-state index contributed by atoms with van der Waals surface area (Å²) in [5, 5.41) is 24.5. The van der Waals surface area contributed by atoms with Gasteiger partial charge in [0.25, 0.3) is 17.8 Å². The zero-order chi connectivity index (χ0) is 29.6. The quantitative estimate of drug-likeness (QED) is 0.0915. The molecular formula is C22H20ClN8O8S2+. The first-order valence-corrected chi connectivity index (χ1v) is 13.8. The number of thioether (sulfide) groups is 1. The highest BCUT2D eigenvalue weighted by Crippen LogP contribution is 2.40. The van der Waals surface area contributed by atoms with E-state index >= 15 is 0 Å². The molecule has 1 saturated heterocycles. The Morgan fingerprint density at radius 2 is 2.12 bits per heavy atom. The molecule has 3 atom stereocenters. The fraction of sp³-hybridized carbons (Fsp3) is 0.273. The summed E-state index contributed by atoms with van der Waals surface area (Å²) in [7, 11) is 0. The molecule has 5 heterocycles. The SMILES string of the molecule is C[C@H](ON=C(C(=O)NC1C(=O)N2C(C(=O)O)=C(C[n+]3ccc4oc(N)nc4c3)CS[C@H]12)c1nc(N)sc1Cl)C(=O)O. The number of nitrogens with two attached hydrogens (primary N) is 2. The average Bonchev–Trinajstić information content (AvgIpc) is 3.45. The summed E-state index contributed by atoms with van der Waals surface area (Å²) >= 11 is 8.23. The maximum Gasteiger partial charge on any atom is 0.352 e. The van der Waals surface area contributed by atoms with E-state index < -0.39 is 47.0 Å². The molecule has 0 saturated carbocycles. The van der Waals surface area contributed by atoms with Crippen molar-refractivity contribution in [1.82, 2.24) is 20.2 Å². The summed E-state index contributed by atoms with van der Waals surface area (Å²) in [6.07, 6.45) is 1.90. The van der Waals surface area contributed by atoms with Gasteiger partial charge < -0.3 is 36.3 Å². The molecule has 1 fully saturated rings. The number of hydrogen-bond donors (Lipinski definition) is 5. The van der Waals surface area contributed by atoms with Crippen molar-refractivity contribution >= 4 is 86.4 Å². The Balaban J connectivity index is 1.37. The number of oxazole rings is 1. The number of anilines is 2. The van der Waals surface area contributed by atoms with E-state index in [9.17, 15) is 24.3 Å². The van der Waals surface area contributed by atoms with Gasteiger partial charge in [-0.1, -0.05) is 28.1 Å². The van der Waals surface area contributed by atoms with Gasteiger partial charge in [0, 0.05) is 17.4 Å². The van der Waals surface area contributed by atoms with Crippen LogP contribution in [0.4, 0.5) is 11.1 Å². The number of carboxylic acids is 2. The Hall–Kier alpha value is -4.42. The molecule has 3 aromatic heterocycles. The maximum atomic E-state index is 13.2. The number of oxime groups is 1. The lowest BCUT2D eigenvalue weighted by Gasteiger charge is -2.49. The van der Waals surface area contributed by atoms with E-state index in [0.29, 0.717) is 16.7 Å².